The number of esters is 1. The van der Waals surface area contributed by atoms with Gasteiger partial charge >= 0.3 is 11.6 Å². The maximum absolute atomic E-state index is 12.2. The van der Waals surface area contributed by atoms with Gasteiger partial charge in [0.25, 0.3) is 0 Å². The lowest BCUT2D eigenvalue weighted by Crippen LogP contribution is -2.06. The third kappa shape index (κ3) is 3.06. The molecule has 4 nitrogen and oxygen atoms in total. The monoisotopic (exact) mass is 306 g/mol. The summed E-state index contributed by atoms with van der Waals surface area (Å²) in [6.45, 7) is 3.64. The molecule has 0 saturated heterocycles. The van der Waals surface area contributed by atoms with E-state index in [-0.39, 0.29) is 6.61 Å². The second kappa shape index (κ2) is 6.32. The molecule has 1 aromatic heterocycles. The molecule has 4 heteroatoms. The van der Waals surface area contributed by atoms with Gasteiger partial charge in [0.1, 0.15) is 12.2 Å². The van der Waals surface area contributed by atoms with Gasteiger partial charge in [0.05, 0.1) is 11.1 Å². The van der Waals surface area contributed by atoms with Crippen molar-refractivity contribution in [2.24, 2.45) is 0 Å². The van der Waals surface area contributed by atoms with Crippen LogP contribution in [0.2, 0.25) is 0 Å². The molecule has 0 unspecified atom stereocenters. The van der Waals surface area contributed by atoms with E-state index in [0.29, 0.717) is 22.3 Å². The SMILES string of the molecule is C=CCOC(=O)c1cccc(-c2cc3ccccc3oc2=O)c1. The van der Waals surface area contributed by atoms with Gasteiger partial charge in [-0.05, 0) is 29.8 Å². The van der Waals surface area contributed by atoms with E-state index in [1.165, 1.54) is 6.08 Å². The summed E-state index contributed by atoms with van der Waals surface area (Å²) in [6.07, 6.45) is 1.50. The zero-order valence-electron chi connectivity index (χ0n) is 12.3. The third-order valence-corrected chi connectivity index (χ3v) is 3.38. The lowest BCUT2D eigenvalue weighted by Gasteiger charge is -2.05. The van der Waals surface area contributed by atoms with Gasteiger partial charge in [-0.1, -0.05) is 43.0 Å². The average molecular weight is 306 g/mol. The van der Waals surface area contributed by atoms with Gasteiger partial charge in [-0.2, -0.15) is 0 Å². The Bertz CT molecular complexity index is 937. The number of rotatable bonds is 4. The number of carbonyl (C=O) groups excluding carboxylic acids is 1. The molecule has 3 aromatic rings. The Hall–Kier alpha value is -3.14. The van der Waals surface area contributed by atoms with Crippen LogP contribution in [0.4, 0.5) is 0 Å². The fourth-order valence-electron chi connectivity index (χ4n) is 2.29. The van der Waals surface area contributed by atoms with E-state index in [9.17, 15) is 9.59 Å². The van der Waals surface area contributed by atoms with Gasteiger partial charge in [-0.25, -0.2) is 9.59 Å². The van der Waals surface area contributed by atoms with Gasteiger partial charge in [0.2, 0.25) is 0 Å². The number of benzene rings is 2. The summed E-state index contributed by atoms with van der Waals surface area (Å²) >= 11 is 0. The molecule has 0 bridgehead atoms. The van der Waals surface area contributed by atoms with Gasteiger partial charge in [0, 0.05) is 5.39 Å². The fourth-order valence-corrected chi connectivity index (χ4v) is 2.29. The smallest absolute Gasteiger partial charge is 0.344 e. The summed E-state index contributed by atoms with van der Waals surface area (Å²) in [7, 11) is 0. The first kappa shape index (κ1) is 14.8. The molecule has 1 heterocycles. The van der Waals surface area contributed by atoms with E-state index < -0.39 is 11.6 Å². The molecular weight excluding hydrogens is 292 g/mol. The third-order valence-electron chi connectivity index (χ3n) is 3.38. The highest BCUT2D eigenvalue weighted by atomic mass is 16.5. The highest BCUT2D eigenvalue weighted by Crippen LogP contribution is 2.22. The largest absolute Gasteiger partial charge is 0.458 e. The Morgan fingerprint density at radius 3 is 2.78 bits per heavy atom. The van der Waals surface area contributed by atoms with Crippen LogP contribution >= 0.6 is 0 Å². The van der Waals surface area contributed by atoms with Gasteiger partial charge in [-0.15, -0.1) is 0 Å². The van der Waals surface area contributed by atoms with Gasteiger partial charge < -0.3 is 9.15 Å². The summed E-state index contributed by atoms with van der Waals surface area (Å²) < 4.78 is 10.3. The normalized spacial score (nSPS) is 10.4. The fraction of sp³-hybridized carbons (Fsp3) is 0.0526. The van der Waals surface area contributed by atoms with Crippen LogP contribution in [-0.4, -0.2) is 12.6 Å². The Morgan fingerprint density at radius 1 is 1.13 bits per heavy atom. The molecule has 0 amide bonds. The van der Waals surface area contributed by atoms with Crippen LogP contribution in [0.25, 0.3) is 22.1 Å². The molecule has 23 heavy (non-hydrogen) atoms. The van der Waals surface area contributed by atoms with Crippen LogP contribution in [-0.2, 0) is 4.74 Å². The van der Waals surface area contributed by atoms with Crippen molar-refractivity contribution in [3.63, 3.8) is 0 Å². The van der Waals surface area contributed by atoms with Crippen LogP contribution in [0.15, 0.2) is 76.5 Å². The zero-order valence-corrected chi connectivity index (χ0v) is 12.3. The Balaban J connectivity index is 2.05. The van der Waals surface area contributed by atoms with E-state index >= 15 is 0 Å². The van der Waals surface area contributed by atoms with Crippen molar-refractivity contribution in [3.8, 4) is 11.1 Å². The molecule has 0 N–H and O–H groups in total. The van der Waals surface area contributed by atoms with Crippen LogP contribution in [0.1, 0.15) is 10.4 Å². The summed E-state index contributed by atoms with van der Waals surface area (Å²) in [6, 6.07) is 15.8. The molecule has 0 aliphatic heterocycles. The van der Waals surface area contributed by atoms with Crippen molar-refractivity contribution in [2.75, 3.05) is 6.61 Å². The van der Waals surface area contributed by atoms with Crippen molar-refractivity contribution in [2.45, 2.75) is 0 Å². The van der Waals surface area contributed by atoms with E-state index in [0.717, 1.165) is 5.39 Å². The van der Waals surface area contributed by atoms with Crippen LogP contribution in [0, 0.1) is 0 Å². The molecular formula is C19H14O4. The molecule has 0 atom stereocenters. The lowest BCUT2D eigenvalue weighted by atomic mass is 10.0. The second-order valence-corrected chi connectivity index (χ2v) is 4.95. The summed E-state index contributed by atoms with van der Waals surface area (Å²) in [5.41, 5.74) is 1.47. The van der Waals surface area contributed by atoms with Gasteiger partial charge in [0.15, 0.2) is 0 Å². The number of para-hydroxylation sites is 1. The minimum absolute atomic E-state index is 0.140. The van der Waals surface area contributed by atoms with E-state index in [4.69, 9.17) is 9.15 Å². The number of carbonyl (C=O) groups is 1. The second-order valence-electron chi connectivity index (χ2n) is 4.95. The molecule has 2 aromatic carbocycles. The first-order valence-electron chi connectivity index (χ1n) is 7.10. The minimum Gasteiger partial charge on any atom is -0.458 e. The number of hydrogen-bond acceptors (Lipinski definition) is 4. The predicted molar refractivity (Wildman–Crippen MR) is 88.4 cm³/mol. The molecule has 0 aliphatic rings. The number of fused-ring (bicyclic) bond motifs is 1. The minimum atomic E-state index is -0.461. The van der Waals surface area contributed by atoms with Crippen molar-refractivity contribution in [1.29, 1.82) is 0 Å². The molecule has 0 saturated carbocycles. The number of hydrogen-bond donors (Lipinski definition) is 0. The molecule has 0 spiro atoms. The highest BCUT2D eigenvalue weighted by molar-refractivity contribution is 5.91. The topological polar surface area (TPSA) is 56.5 Å². The van der Waals surface area contributed by atoms with Crippen molar-refractivity contribution >= 4 is 16.9 Å². The average Bonchev–Trinajstić information content (AvgIpc) is 2.59. The lowest BCUT2D eigenvalue weighted by molar-refractivity contribution is 0.0550. The Kier molecular flexibility index (Phi) is 4.06. The first-order chi connectivity index (χ1) is 11.2. The summed E-state index contributed by atoms with van der Waals surface area (Å²) in [5, 5.41) is 0.821. The predicted octanol–water partition coefficient (Wildman–Crippen LogP) is 3.80. The first-order valence-corrected chi connectivity index (χ1v) is 7.10. The van der Waals surface area contributed by atoms with Gasteiger partial charge in [-0.3, -0.25) is 0 Å². The van der Waals surface area contributed by atoms with Crippen LogP contribution in [0.5, 0.6) is 0 Å². The van der Waals surface area contributed by atoms with Crippen LogP contribution < -0.4 is 5.63 Å². The maximum Gasteiger partial charge on any atom is 0.344 e. The van der Waals surface area contributed by atoms with E-state index in [1.807, 2.05) is 12.1 Å². The molecule has 0 radical (unpaired) electrons. The zero-order chi connectivity index (χ0) is 16.2. The molecule has 0 fully saturated rings. The molecule has 3 rings (SSSR count). The van der Waals surface area contributed by atoms with E-state index in [2.05, 4.69) is 6.58 Å². The molecule has 114 valence electrons. The van der Waals surface area contributed by atoms with E-state index in [1.54, 1.807) is 42.5 Å². The Labute approximate surface area is 132 Å². The highest BCUT2D eigenvalue weighted by Gasteiger charge is 2.11. The maximum atomic E-state index is 12.2. The molecule has 0 aliphatic carbocycles. The quantitative estimate of drug-likeness (QED) is 0.418. The summed E-state index contributed by atoms with van der Waals surface area (Å²) in [5.74, 6) is -0.461. The summed E-state index contributed by atoms with van der Waals surface area (Å²) in [4.78, 5) is 24.1. The van der Waals surface area contributed by atoms with Crippen molar-refractivity contribution in [1.82, 2.24) is 0 Å². The van der Waals surface area contributed by atoms with Crippen LogP contribution in [0.3, 0.4) is 0 Å². The Morgan fingerprint density at radius 2 is 1.96 bits per heavy atom. The van der Waals surface area contributed by atoms with Crippen molar-refractivity contribution < 1.29 is 13.9 Å². The van der Waals surface area contributed by atoms with Crippen molar-refractivity contribution in [3.05, 3.63) is 83.2 Å². The number of ether oxygens (including phenoxy) is 1. The standard InChI is InChI=1S/C19H14O4/c1-2-10-22-18(20)15-8-5-7-13(11-15)16-12-14-6-3-4-9-17(14)23-19(16)21/h2-9,11-12H,1,10H2.